The summed E-state index contributed by atoms with van der Waals surface area (Å²) in [5, 5.41) is 13.6. The Kier molecular flexibility index (Phi) is 5.12. The van der Waals surface area contributed by atoms with Crippen molar-refractivity contribution < 1.29 is 24.1 Å². The first-order chi connectivity index (χ1) is 13.2. The second kappa shape index (κ2) is 7.37. The van der Waals surface area contributed by atoms with Crippen molar-refractivity contribution in [3.8, 4) is 0 Å². The molecule has 2 aliphatic rings. The highest BCUT2D eigenvalue weighted by molar-refractivity contribution is 6.45. The molecule has 28 heavy (non-hydrogen) atoms. The summed E-state index contributed by atoms with van der Waals surface area (Å²) in [5.74, 6) is -2.78. The van der Waals surface area contributed by atoms with Gasteiger partial charge in [-0.05, 0) is 43.9 Å². The third-order valence-electron chi connectivity index (χ3n) is 5.16. The summed E-state index contributed by atoms with van der Waals surface area (Å²) in [6.45, 7) is 2.76. The largest absolute Gasteiger partial charge is 0.334 e. The maximum Gasteiger partial charge on any atom is 0.334 e. The van der Waals surface area contributed by atoms with E-state index in [0.717, 1.165) is 23.3 Å². The monoisotopic (exact) mass is 388 g/mol. The van der Waals surface area contributed by atoms with E-state index in [9.17, 15) is 29.3 Å². The lowest BCUT2D eigenvalue weighted by molar-refractivity contribution is -0.384. The van der Waals surface area contributed by atoms with Gasteiger partial charge in [-0.15, -0.1) is 0 Å². The van der Waals surface area contributed by atoms with Crippen LogP contribution in [0.4, 0.5) is 16.2 Å². The van der Waals surface area contributed by atoms with E-state index in [2.05, 4.69) is 5.32 Å². The minimum atomic E-state index is -1.05. The Balaban J connectivity index is 1.76. The molecule has 1 saturated carbocycles. The van der Waals surface area contributed by atoms with E-state index in [-0.39, 0.29) is 17.4 Å². The SMILES string of the molecule is Cc1cc(NC(=O)CN2C(=O)C(=O)N(C3CCCC3)C2=O)c([N+](=O)[O-])cc1C. The van der Waals surface area contributed by atoms with E-state index in [4.69, 9.17) is 0 Å². The molecule has 0 radical (unpaired) electrons. The van der Waals surface area contributed by atoms with Crippen molar-refractivity contribution in [1.29, 1.82) is 0 Å². The molecule has 5 amide bonds. The molecule has 1 N–H and O–H groups in total. The number of amides is 5. The van der Waals surface area contributed by atoms with Crippen molar-refractivity contribution >= 4 is 35.1 Å². The quantitative estimate of drug-likeness (QED) is 0.355. The van der Waals surface area contributed by atoms with Crippen LogP contribution in [0, 0.1) is 24.0 Å². The number of anilines is 1. The second-order valence-corrected chi connectivity index (χ2v) is 7.05. The van der Waals surface area contributed by atoms with Crippen LogP contribution in [0.5, 0.6) is 0 Å². The third kappa shape index (κ3) is 3.45. The maximum absolute atomic E-state index is 12.5. The zero-order chi connectivity index (χ0) is 20.6. The lowest BCUT2D eigenvalue weighted by Gasteiger charge is -2.20. The number of urea groups is 1. The van der Waals surface area contributed by atoms with Crippen molar-refractivity contribution in [2.45, 2.75) is 45.6 Å². The van der Waals surface area contributed by atoms with Crippen LogP contribution in [0.2, 0.25) is 0 Å². The fourth-order valence-corrected chi connectivity index (χ4v) is 3.53. The first-order valence-electron chi connectivity index (χ1n) is 8.95. The van der Waals surface area contributed by atoms with Gasteiger partial charge in [0.05, 0.1) is 4.92 Å². The maximum atomic E-state index is 12.5. The molecule has 0 atom stereocenters. The molecule has 1 heterocycles. The summed E-state index contributed by atoms with van der Waals surface area (Å²) < 4.78 is 0. The number of aryl methyl sites for hydroxylation is 2. The molecular formula is C18H20N4O6. The first-order valence-corrected chi connectivity index (χ1v) is 8.95. The average Bonchev–Trinajstić information content (AvgIpc) is 3.21. The molecule has 10 heteroatoms. The van der Waals surface area contributed by atoms with Gasteiger partial charge in [0.15, 0.2) is 0 Å². The lowest BCUT2D eigenvalue weighted by atomic mass is 10.1. The average molecular weight is 388 g/mol. The molecule has 1 aliphatic carbocycles. The summed E-state index contributed by atoms with van der Waals surface area (Å²) in [7, 11) is 0. The number of carbonyl (C=O) groups excluding carboxylic acids is 4. The van der Waals surface area contributed by atoms with Crippen LogP contribution in [0.3, 0.4) is 0 Å². The third-order valence-corrected chi connectivity index (χ3v) is 5.16. The first kappa shape index (κ1) is 19.5. The van der Waals surface area contributed by atoms with Gasteiger partial charge in [-0.1, -0.05) is 12.8 Å². The van der Waals surface area contributed by atoms with E-state index in [0.29, 0.717) is 23.3 Å². The van der Waals surface area contributed by atoms with E-state index in [1.165, 1.54) is 12.1 Å². The summed E-state index contributed by atoms with van der Waals surface area (Å²) in [6, 6.07) is 1.65. The Morgan fingerprint density at radius 2 is 1.75 bits per heavy atom. The zero-order valence-electron chi connectivity index (χ0n) is 15.6. The zero-order valence-corrected chi connectivity index (χ0v) is 15.6. The van der Waals surface area contributed by atoms with Gasteiger partial charge in [-0.25, -0.2) is 9.69 Å². The molecule has 0 bridgehead atoms. The Labute approximate surface area is 160 Å². The van der Waals surface area contributed by atoms with E-state index < -0.39 is 35.2 Å². The van der Waals surface area contributed by atoms with Gasteiger partial charge in [0.2, 0.25) is 5.91 Å². The Morgan fingerprint density at radius 1 is 1.14 bits per heavy atom. The van der Waals surface area contributed by atoms with Crippen molar-refractivity contribution in [3.63, 3.8) is 0 Å². The van der Waals surface area contributed by atoms with Crippen LogP contribution in [-0.4, -0.2) is 51.1 Å². The molecule has 1 aromatic carbocycles. The molecule has 1 aliphatic heterocycles. The van der Waals surface area contributed by atoms with Crippen LogP contribution in [0.1, 0.15) is 36.8 Å². The fourth-order valence-electron chi connectivity index (χ4n) is 3.53. The highest BCUT2D eigenvalue weighted by Gasteiger charge is 2.48. The number of rotatable bonds is 5. The molecule has 148 valence electrons. The highest BCUT2D eigenvalue weighted by Crippen LogP contribution is 2.29. The van der Waals surface area contributed by atoms with Crippen molar-refractivity contribution in [2.24, 2.45) is 0 Å². The molecule has 3 rings (SSSR count). The second-order valence-electron chi connectivity index (χ2n) is 7.05. The Morgan fingerprint density at radius 3 is 2.36 bits per heavy atom. The van der Waals surface area contributed by atoms with Gasteiger partial charge in [-0.2, -0.15) is 0 Å². The molecule has 1 aromatic rings. The number of nitrogens with zero attached hydrogens (tertiary/aromatic N) is 3. The normalized spacial score (nSPS) is 17.6. The summed E-state index contributed by atoms with van der Waals surface area (Å²) >= 11 is 0. The van der Waals surface area contributed by atoms with E-state index in [1.54, 1.807) is 13.8 Å². The number of benzene rings is 1. The number of hydrogen-bond acceptors (Lipinski definition) is 6. The molecule has 10 nitrogen and oxygen atoms in total. The van der Waals surface area contributed by atoms with Crippen LogP contribution in [0.25, 0.3) is 0 Å². The van der Waals surface area contributed by atoms with Gasteiger partial charge in [-0.3, -0.25) is 29.4 Å². The standard InChI is InChI=1S/C18H20N4O6/c1-10-7-13(14(22(27)28)8-11(10)2)19-15(23)9-20-16(24)17(25)21(18(20)26)12-5-3-4-6-12/h7-8,12H,3-6,9H2,1-2H3,(H,19,23). The molecule has 1 saturated heterocycles. The summed E-state index contributed by atoms with van der Waals surface area (Å²) in [4.78, 5) is 61.3. The van der Waals surface area contributed by atoms with Gasteiger partial charge < -0.3 is 5.32 Å². The number of hydrogen-bond donors (Lipinski definition) is 1. The predicted octanol–water partition coefficient (Wildman–Crippen LogP) is 1.88. The number of nitrogens with one attached hydrogen (secondary N) is 1. The number of imide groups is 2. The van der Waals surface area contributed by atoms with Gasteiger partial charge >= 0.3 is 17.8 Å². The summed E-state index contributed by atoms with van der Waals surface area (Å²) in [5.41, 5.74) is 1.10. The molecule has 0 spiro atoms. The van der Waals surface area contributed by atoms with Crippen LogP contribution in [0.15, 0.2) is 12.1 Å². The van der Waals surface area contributed by atoms with Crippen LogP contribution < -0.4 is 5.32 Å². The number of nitro benzene ring substituents is 1. The summed E-state index contributed by atoms with van der Waals surface area (Å²) in [6.07, 6.45) is 3.01. The fraction of sp³-hybridized carbons (Fsp3) is 0.444. The van der Waals surface area contributed by atoms with Crippen LogP contribution in [-0.2, 0) is 14.4 Å². The lowest BCUT2D eigenvalue weighted by Crippen LogP contribution is -2.41. The molecular weight excluding hydrogens is 368 g/mol. The minimum absolute atomic E-state index is 0.0313. The number of carbonyl (C=O) groups is 4. The molecule has 2 fully saturated rings. The molecule has 0 unspecified atom stereocenters. The topological polar surface area (TPSA) is 130 Å². The van der Waals surface area contributed by atoms with Crippen molar-refractivity contribution in [1.82, 2.24) is 9.80 Å². The molecule has 0 aromatic heterocycles. The van der Waals surface area contributed by atoms with Gasteiger partial charge in [0.25, 0.3) is 5.69 Å². The predicted molar refractivity (Wildman–Crippen MR) is 97.4 cm³/mol. The van der Waals surface area contributed by atoms with Crippen molar-refractivity contribution in [2.75, 3.05) is 11.9 Å². The Hall–Kier alpha value is -3.30. The van der Waals surface area contributed by atoms with Crippen LogP contribution >= 0.6 is 0 Å². The number of nitro groups is 1. The highest BCUT2D eigenvalue weighted by atomic mass is 16.6. The smallest absolute Gasteiger partial charge is 0.319 e. The minimum Gasteiger partial charge on any atom is -0.319 e. The van der Waals surface area contributed by atoms with Gasteiger partial charge in [0.1, 0.15) is 12.2 Å². The van der Waals surface area contributed by atoms with E-state index in [1.807, 2.05) is 0 Å². The van der Waals surface area contributed by atoms with E-state index >= 15 is 0 Å². The Bertz CT molecular complexity index is 890. The van der Waals surface area contributed by atoms with Crippen molar-refractivity contribution in [3.05, 3.63) is 33.4 Å². The van der Waals surface area contributed by atoms with Gasteiger partial charge in [0, 0.05) is 12.1 Å².